The molecule has 7 heteroatoms. The molecule has 4 aromatic rings. The smallest absolute Gasteiger partial charge is 0.340 e. The summed E-state index contributed by atoms with van der Waals surface area (Å²) in [5.74, 6) is -0.727. The summed E-state index contributed by atoms with van der Waals surface area (Å²) >= 11 is 0. The van der Waals surface area contributed by atoms with Crippen LogP contribution in [0.2, 0.25) is 0 Å². The molecule has 0 saturated carbocycles. The number of esters is 1. The summed E-state index contributed by atoms with van der Waals surface area (Å²) < 4.78 is 7.26. The van der Waals surface area contributed by atoms with Crippen LogP contribution in [-0.2, 0) is 4.74 Å². The van der Waals surface area contributed by atoms with Crippen LogP contribution in [0, 0.1) is 25.2 Å². The summed E-state index contributed by atoms with van der Waals surface area (Å²) in [6.07, 6.45) is 0. The molecule has 2 heterocycles. The second-order valence-electron chi connectivity index (χ2n) is 7.07. The van der Waals surface area contributed by atoms with Gasteiger partial charge in [-0.1, -0.05) is 30.3 Å². The molecule has 0 bridgehead atoms. The molecule has 0 atom stereocenters. The number of H-pyrrole nitrogens is 1. The summed E-state index contributed by atoms with van der Waals surface area (Å²) in [4.78, 5) is 20.0. The number of aryl methyl sites for hydroxylation is 1. The van der Waals surface area contributed by atoms with E-state index in [9.17, 15) is 15.2 Å². The normalized spacial score (nSPS) is 11.8. The van der Waals surface area contributed by atoms with E-state index < -0.39 is 12.6 Å². The third-order valence-electron chi connectivity index (χ3n) is 5.03. The Balaban J connectivity index is 1.56. The van der Waals surface area contributed by atoms with Gasteiger partial charge in [-0.15, -0.1) is 0 Å². The molecule has 0 radical (unpaired) electrons. The number of ether oxygens (including phenoxy) is 1. The van der Waals surface area contributed by atoms with Crippen molar-refractivity contribution in [2.45, 2.75) is 13.8 Å². The van der Waals surface area contributed by atoms with Crippen molar-refractivity contribution in [1.82, 2.24) is 14.5 Å². The Morgan fingerprint density at radius 2 is 1.87 bits per heavy atom. The lowest BCUT2D eigenvalue weighted by Gasteiger charge is -2.10. The van der Waals surface area contributed by atoms with Gasteiger partial charge < -0.3 is 19.4 Å². The van der Waals surface area contributed by atoms with Crippen molar-refractivity contribution in [2.75, 3.05) is 6.61 Å². The Bertz CT molecular complexity index is 1310. The van der Waals surface area contributed by atoms with E-state index in [1.807, 2.05) is 73.0 Å². The van der Waals surface area contributed by atoms with Crippen molar-refractivity contribution < 1.29 is 14.6 Å². The molecule has 2 aromatic carbocycles. The zero-order valence-electron chi connectivity index (χ0n) is 17.1. The van der Waals surface area contributed by atoms with Gasteiger partial charge in [-0.05, 0) is 44.2 Å². The van der Waals surface area contributed by atoms with Gasteiger partial charge in [0.05, 0.1) is 16.6 Å². The van der Waals surface area contributed by atoms with Crippen LogP contribution >= 0.6 is 0 Å². The van der Waals surface area contributed by atoms with Crippen LogP contribution in [-0.4, -0.2) is 32.2 Å². The molecule has 7 nitrogen and oxygen atoms in total. The fourth-order valence-electron chi connectivity index (χ4n) is 3.55. The largest absolute Gasteiger partial charge is 0.507 e. The van der Waals surface area contributed by atoms with Gasteiger partial charge in [0.15, 0.2) is 11.6 Å². The van der Waals surface area contributed by atoms with Gasteiger partial charge in [0.25, 0.3) is 0 Å². The van der Waals surface area contributed by atoms with Crippen molar-refractivity contribution >= 4 is 22.6 Å². The molecule has 0 unspecified atom stereocenters. The minimum absolute atomic E-state index is 0.0706. The van der Waals surface area contributed by atoms with Crippen LogP contribution in [0.5, 0.6) is 0 Å². The number of rotatable bonds is 5. The molecular formula is C24H20N4O3. The lowest BCUT2D eigenvalue weighted by molar-refractivity contribution is 0.0502. The fraction of sp³-hybridized carbons (Fsp3) is 0.125. The molecule has 0 aliphatic carbocycles. The predicted molar refractivity (Wildman–Crippen MR) is 117 cm³/mol. The van der Waals surface area contributed by atoms with Crippen molar-refractivity contribution in [3.8, 4) is 11.8 Å². The molecule has 0 aliphatic rings. The molecule has 0 amide bonds. The summed E-state index contributed by atoms with van der Waals surface area (Å²) in [6, 6.07) is 20.7. The van der Waals surface area contributed by atoms with Gasteiger partial charge in [-0.25, -0.2) is 9.78 Å². The summed E-state index contributed by atoms with van der Waals surface area (Å²) in [5.41, 5.74) is 4.29. The van der Waals surface area contributed by atoms with E-state index in [1.165, 1.54) is 0 Å². The highest BCUT2D eigenvalue weighted by molar-refractivity contribution is 5.91. The second kappa shape index (κ2) is 8.20. The fourth-order valence-corrected chi connectivity index (χ4v) is 3.55. The average molecular weight is 412 g/mol. The molecule has 4 rings (SSSR count). The molecule has 2 aromatic heterocycles. The zero-order valence-corrected chi connectivity index (χ0v) is 17.1. The number of carbonyl (C=O) groups is 1. The van der Waals surface area contributed by atoms with Crippen molar-refractivity contribution in [1.29, 1.82) is 5.26 Å². The number of aromatic amines is 1. The number of allylic oxidation sites excluding steroid dienone is 1. The van der Waals surface area contributed by atoms with E-state index in [2.05, 4.69) is 9.97 Å². The average Bonchev–Trinajstić information content (AvgIpc) is 3.33. The van der Waals surface area contributed by atoms with E-state index >= 15 is 0 Å². The van der Waals surface area contributed by atoms with E-state index in [0.29, 0.717) is 11.1 Å². The summed E-state index contributed by atoms with van der Waals surface area (Å²) in [5, 5.41) is 19.9. The number of aromatic nitrogens is 3. The number of benzene rings is 2. The number of hydrogen-bond acceptors (Lipinski definition) is 5. The molecule has 0 fully saturated rings. The Kier molecular flexibility index (Phi) is 5.29. The number of imidazole rings is 1. The van der Waals surface area contributed by atoms with Crippen LogP contribution in [0.4, 0.5) is 0 Å². The molecule has 0 saturated heterocycles. The van der Waals surface area contributed by atoms with Gasteiger partial charge in [0.1, 0.15) is 18.2 Å². The molecule has 2 N–H and O–H groups in total. The first-order valence-corrected chi connectivity index (χ1v) is 9.68. The maximum absolute atomic E-state index is 12.7. The molecule has 0 aliphatic heterocycles. The molecular weight excluding hydrogens is 392 g/mol. The number of fused-ring (bicyclic) bond motifs is 1. The van der Waals surface area contributed by atoms with Crippen molar-refractivity contribution in [2.24, 2.45) is 0 Å². The van der Waals surface area contributed by atoms with Gasteiger partial charge in [0, 0.05) is 17.1 Å². The first-order chi connectivity index (χ1) is 15.0. The Morgan fingerprint density at radius 1 is 1.16 bits per heavy atom. The number of nitrogens with zero attached hydrogens (tertiary/aromatic N) is 3. The lowest BCUT2D eigenvalue weighted by atomic mass is 10.2. The van der Waals surface area contributed by atoms with Crippen LogP contribution in [0.3, 0.4) is 0 Å². The van der Waals surface area contributed by atoms with Gasteiger partial charge in [-0.3, -0.25) is 0 Å². The Morgan fingerprint density at radius 3 is 2.58 bits per heavy atom. The van der Waals surface area contributed by atoms with Gasteiger partial charge >= 0.3 is 5.97 Å². The SMILES string of the molecule is Cc1cc(C(=O)OCC(O)=C(C#N)c2nc3ccccc3[nH]2)c(C)n1-c1ccccc1. The Hall–Kier alpha value is -4.31. The van der Waals surface area contributed by atoms with Crippen molar-refractivity contribution in [3.05, 3.63) is 89.2 Å². The predicted octanol–water partition coefficient (Wildman–Crippen LogP) is 4.62. The highest BCUT2D eigenvalue weighted by Gasteiger charge is 2.20. The summed E-state index contributed by atoms with van der Waals surface area (Å²) in [7, 11) is 0. The minimum atomic E-state index is -0.580. The van der Waals surface area contributed by atoms with E-state index in [0.717, 1.165) is 22.6 Å². The van der Waals surface area contributed by atoms with E-state index in [1.54, 1.807) is 12.1 Å². The second-order valence-corrected chi connectivity index (χ2v) is 7.07. The maximum Gasteiger partial charge on any atom is 0.340 e. The molecule has 31 heavy (non-hydrogen) atoms. The van der Waals surface area contributed by atoms with Crippen LogP contribution in [0.25, 0.3) is 22.3 Å². The number of nitriles is 1. The first-order valence-electron chi connectivity index (χ1n) is 9.68. The summed E-state index contributed by atoms with van der Waals surface area (Å²) in [6.45, 7) is 3.30. The third kappa shape index (κ3) is 3.79. The van der Waals surface area contributed by atoms with Gasteiger partial charge in [-0.2, -0.15) is 5.26 Å². The number of aliphatic hydroxyl groups excluding tert-OH is 1. The topological polar surface area (TPSA) is 104 Å². The zero-order chi connectivity index (χ0) is 22.0. The number of aliphatic hydroxyl groups is 1. The highest BCUT2D eigenvalue weighted by atomic mass is 16.5. The quantitative estimate of drug-likeness (QED) is 0.283. The van der Waals surface area contributed by atoms with Crippen LogP contribution < -0.4 is 0 Å². The van der Waals surface area contributed by atoms with Crippen LogP contribution in [0.15, 0.2) is 66.4 Å². The number of para-hydroxylation sites is 3. The maximum atomic E-state index is 12.7. The van der Waals surface area contributed by atoms with Crippen LogP contribution in [0.1, 0.15) is 27.6 Å². The lowest BCUT2D eigenvalue weighted by Crippen LogP contribution is -2.10. The molecule has 154 valence electrons. The van der Waals surface area contributed by atoms with Gasteiger partial charge in [0.2, 0.25) is 0 Å². The van der Waals surface area contributed by atoms with E-state index in [-0.39, 0.29) is 17.2 Å². The first kappa shape index (κ1) is 20.0. The minimum Gasteiger partial charge on any atom is -0.507 e. The highest BCUT2D eigenvalue weighted by Crippen LogP contribution is 2.22. The van der Waals surface area contributed by atoms with Crippen molar-refractivity contribution in [3.63, 3.8) is 0 Å². The molecule has 0 spiro atoms. The third-order valence-corrected chi connectivity index (χ3v) is 5.03. The monoisotopic (exact) mass is 412 g/mol. The number of nitrogens with one attached hydrogen (secondary N) is 1. The Labute approximate surface area is 178 Å². The number of hydrogen-bond donors (Lipinski definition) is 2. The standard InChI is InChI=1S/C24H20N4O3/c1-15-12-18(16(2)28(15)17-8-4-3-5-9-17)24(30)31-14-22(29)19(13-25)23-26-20-10-6-7-11-21(20)27-23/h3-12,29H,14H2,1-2H3,(H,26,27). The van der Waals surface area contributed by atoms with E-state index in [4.69, 9.17) is 4.74 Å². The number of carbonyl (C=O) groups excluding carboxylic acids is 1.